The van der Waals surface area contributed by atoms with Gasteiger partial charge in [-0.25, -0.2) is 4.68 Å². The number of amides is 1. The van der Waals surface area contributed by atoms with Crippen molar-refractivity contribution in [2.75, 3.05) is 13.1 Å². The Morgan fingerprint density at radius 2 is 1.65 bits per heavy atom. The minimum absolute atomic E-state index is 0.152. The van der Waals surface area contributed by atoms with Crippen molar-refractivity contribution in [1.29, 1.82) is 0 Å². The SMILES string of the molecule is CCCn1nc(C(=O)NCc2ccccc2CN2CCCCC2)c2ccccc2c1=O. The van der Waals surface area contributed by atoms with E-state index >= 15 is 0 Å². The van der Waals surface area contributed by atoms with E-state index in [9.17, 15) is 9.59 Å². The van der Waals surface area contributed by atoms with Crippen LogP contribution in [-0.2, 0) is 19.6 Å². The number of benzene rings is 2. The lowest BCUT2D eigenvalue weighted by atomic mass is 10.0. The maximum Gasteiger partial charge on any atom is 0.274 e. The second-order valence-corrected chi connectivity index (χ2v) is 8.21. The smallest absolute Gasteiger partial charge is 0.274 e. The Labute approximate surface area is 182 Å². The molecule has 2 aromatic carbocycles. The van der Waals surface area contributed by atoms with Gasteiger partial charge in [0.1, 0.15) is 0 Å². The molecular weight excluding hydrogens is 388 g/mol. The molecule has 1 saturated heterocycles. The molecule has 0 atom stereocenters. The van der Waals surface area contributed by atoms with Crippen LogP contribution in [0.1, 0.15) is 54.2 Å². The van der Waals surface area contributed by atoms with E-state index in [0.717, 1.165) is 31.6 Å². The van der Waals surface area contributed by atoms with Gasteiger partial charge in [0.05, 0.1) is 5.39 Å². The number of piperidine rings is 1. The predicted molar refractivity (Wildman–Crippen MR) is 123 cm³/mol. The summed E-state index contributed by atoms with van der Waals surface area (Å²) in [5.74, 6) is -0.256. The van der Waals surface area contributed by atoms with Crippen LogP contribution in [0, 0.1) is 0 Å². The molecule has 2 heterocycles. The van der Waals surface area contributed by atoms with Gasteiger partial charge in [-0.3, -0.25) is 14.5 Å². The number of aryl methyl sites for hydroxylation is 1. The fourth-order valence-electron chi connectivity index (χ4n) is 4.27. The summed E-state index contributed by atoms with van der Waals surface area (Å²) in [5.41, 5.74) is 2.52. The third-order valence-corrected chi connectivity index (χ3v) is 5.92. The zero-order chi connectivity index (χ0) is 21.6. The highest BCUT2D eigenvalue weighted by molar-refractivity contribution is 6.04. The highest BCUT2D eigenvalue weighted by Crippen LogP contribution is 2.17. The Hall–Kier alpha value is -2.99. The molecule has 4 rings (SSSR count). The highest BCUT2D eigenvalue weighted by Gasteiger charge is 2.17. The molecule has 1 amide bonds. The van der Waals surface area contributed by atoms with Gasteiger partial charge in [-0.15, -0.1) is 0 Å². The largest absolute Gasteiger partial charge is 0.347 e. The van der Waals surface area contributed by atoms with Gasteiger partial charge in [-0.1, -0.05) is 55.8 Å². The summed E-state index contributed by atoms with van der Waals surface area (Å²) >= 11 is 0. The predicted octanol–water partition coefficient (Wildman–Crippen LogP) is 3.72. The molecule has 31 heavy (non-hydrogen) atoms. The van der Waals surface area contributed by atoms with E-state index in [2.05, 4.69) is 33.5 Å². The van der Waals surface area contributed by atoms with Crippen molar-refractivity contribution in [2.24, 2.45) is 0 Å². The van der Waals surface area contributed by atoms with Crippen molar-refractivity contribution < 1.29 is 4.79 Å². The van der Waals surface area contributed by atoms with Crippen LogP contribution in [0.3, 0.4) is 0 Å². The molecule has 162 valence electrons. The second-order valence-electron chi connectivity index (χ2n) is 8.21. The molecule has 6 heteroatoms. The van der Waals surface area contributed by atoms with Crippen LogP contribution in [-0.4, -0.2) is 33.7 Å². The first-order valence-corrected chi connectivity index (χ1v) is 11.2. The summed E-state index contributed by atoms with van der Waals surface area (Å²) in [6.07, 6.45) is 4.60. The highest BCUT2D eigenvalue weighted by atomic mass is 16.2. The van der Waals surface area contributed by atoms with E-state index in [1.807, 2.05) is 25.1 Å². The number of rotatable bonds is 7. The van der Waals surface area contributed by atoms with E-state index in [-0.39, 0.29) is 11.5 Å². The third kappa shape index (κ3) is 4.85. The van der Waals surface area contributed by atoms with E-state index in [1.165, 1.54) is 29.5 Å². The maximum atomic E-state index is 13.1. The number of hydrogen-bond donors (Lipinski definition) is 1. The van der Waals surface area contributed by atoms with Crippen molar-refractivity contribution in [3.8, 4) is 0 Å². The molecule has 0 spiro atoms. The lowest BCUT2D eigenvalue weighted by Crippen LogP contribution is -2.31. The number of nitrogens with one attached hydrogen (secondary N) is 1. The van der Waals surface area contributed by atoms with Gasteiger partial charge in [0.2, 0.25) is 0 Å². The number of hydrogen-bond acceptors (Lipinski definition) is 4. The lowest BCUT2D eigenvalue weighted by molar-refractivity contribution is 0.0945. The molecule has 0 unspecified atom stereocenters. The monoisotopic (exact) mass is 418 g/mol. The summed E-state index contributed by atoms with van der Waals surface area (Å²) in [7, 11) is 0. The van der Waals surface area contributed by atoms with Gasteiger partial charge < -0.3 is 5.32 Å². The molecule has 0 saturated carbocycles. The van der Waals surface area contributed by atoms with Gasteiger partial charge in [-0.05, 0) is 49.5 Å². The molecule has 6 nitrogen and oxygen atoms in total. The first kappa shape index (κ1) is 21.2. The molecule has 0 aliphatic carbocycles. The number of carbonyl (C=O) groups is 1. The van der Waals surface area contributed by atoms with E-state index in [4.69, 9.17) is 0 Å². The van der Waals surface area contributed by atoms with Crippen LogP contribution in [0.25, 0.3) is 10.8 Å². The Morgan fingerprint density at radius 3 is 2.39 bits per heavy atom. The molecule has 1 N–H and O–H groups in total. The normalized spacial score (nSPS) is 14.6. The topological polar surface area (TPSA) is 67.2 Å². The quantitative estimate of drug-likeness (QED) is 0.635. The van der Waals surface area contributed by atoms with Crippen LogP contribution >= 0.6 is 0 Å². The standard InChI is InChI=1S/C25H30N4O2/c1-2-14-29-25(31)22-13-7-6-12-21(22)23(27-29)24(30)26-17-19-10-4-5-11-20(19)18-28-15-8-3-9-16-28/h4-7,10-13H,2-3,8-9,14-18H2,1H3,(H,26,30). The van der Waals surface area contributed by atoms with Crippen molar-refractivity contribution in [3.63, 3.8) is 0 Å². The Morgan fingerprint density at radius 1 is 0.968 bits per heavy atom. The minimum Gasteiger partial charge on any atom is -0.347 e. The number of carbonyl (C=O) groups excluding carboxylic acids is 1. The van der Waals surface area contributed by atoms with E-state index < -0.39 is 0 Å². The Bertz CT molecular complexity index is 1120. The van der Waals surface area contributed by atoms with Gasteiger partial charge in [-0.2, -0.15) is 5.10 Å². The Kier molecular flexibility index (Phi) is 6.77. The van der Waals surface area contributed by atoms with Crippen LogP contribution in [0.15, 0.2) is 53.3 Å². The minimum atomic E-state index is -0.256. The molecule has 0 bridgehead atoms. The average Bonchev–Trinajstić information content (AvgIpc) is 2.81. The zero-order valence-electron chi connectivity index (χ0n) is 18.1. The number of likely N-dealkylation sites (tertiary alicyclic amines) is 1. The van der Waals surface area contributed by atoms with Crippen molar-refractivity contribution in [2.45, 2.75) is 52.2 Å². The van der Waals surface area contributed by atoms with Crippen LogP contribution in [0.5, 0.6) is 0 Å². The molecule has 3 aromatic rings. The van der Waals surface area contributed by atoms with Gasteiger partial charge in [0, 0.05) is 25.0 Å². The van der Waals surface area contributed by atoms with Crippen LogP contribution in [0.4, 0.5) is 0 Å². The van der Waals surface area contributed by atoms with E-state index in [0.29, 0.717) is 29.6 Å². The second kappa shape index (κ2) is 9.88. The molecule has 0 radical (unpaired) electrons. The summed E-state index contributed by atoms with van der Waals surface area (Å²) < 4.78 is 1.40. The van der Waals surface area contributed by atoms with Crippen LogP contribution in [0.2, 0.25) is 0 Å². The van der Waals surface area contributed by atoms with Crippen LogP contribution < -0.4 is 10.9 Å². The first-order valence-electron chi connectivity index (χ1n) is 11.2. The van der Waals surface area contributed by atoms with Crippen molar-refractivity contribution >= 4 is 16.7 Å². The summed E-state index contributed by atoms with van der Waals surface area (Å²) in [5, 5.41) is 8.57. The molecule has 1 aromatic heterocycles. The first-order chi connectivity index (χ1) is 15.2. The molecular formula is C25H30N4O2. The summed E-state index contributed by atoms with van der Waals surface area (Å²) in [6, 6.07) is 15.5. The summed E-state index contributed by atoms with van der Waals surface area (Å²) in [6.45, 7) is 6.09. The lowest BCUT2D eigenvalue weighted by Gasteiger charge is -2.27. The number of aromatic nitrogens is 2. The molecule has 1 fully saturated rings. The Balaban J connectivity index is 1.55. The molecule has 1 aliphatic heterocycles. The fraction of sp³-hybridized carbons (Fsp3) is 0.400. The maximum absolute atomic E-state index is 13.1. The fourth-order valence-corrected chi connectivity index (χ4v) is 4.27. The number of fused-ring (bicyclic) bond motifs is 1. The van der Waals surface area contributed by atoms with Gasteiger partial charge >= 0.3 is 0 Å². The van der Waals surface area contributed by atoms with E-state index in [1.54, 1.807) is 12.1 Å². The van der Waals surface area contributed by atoms with Crippen molar-refractivity contribution in [3.05, 3.63) is 75.7 Å². The molecule has 1 aliphatic rings. The zero-order valence-corrected chi connectivity index (χ0v) is 18.1. The van der Waals surface area contributed by atoms with Gasteiger partial charge in [0.15, 0.2) is 5.69 Å². The van der Waals surface area contributed by atoms with Gasteiger partial charge in [0.25, 0.3) is 11.5 Å². The average molecular weight is 419 g/mol. The summed E-state index contributed by atoms with van der Waals surface area (Å²) in [4.78, 5) is 28.3. The third-order valence-electron chi connectivity index (χ3n) is 5.92. The van der Waals surface area contributed by atoms with Crippen molar-refractivity contribution in [1.82, 2.24) is 20.0 Å². The number of nitrogens with zero attached hydrogens (tertiary/aromatic N) is 3.